The highest BCUT2D eigenvalue weighted by Crippen LogP contribution is 2.22. The number of aromatic nitrogens is 4. The molecular formula is C16H15N5OS. The van der Waals surface area contributed by atoms with Crippen molar-refractivity contribution in [2.75, 3.05) is 18.2 Å². The second kappa shape index (κ2) is 6.62. The van der Waals surface area contributed by atoms with Crippen LogP contribution in [-0.4, -0.2) is 37.4 Å². The summed E-state index contributed by atoms with van der Waals surface area (Å²) in [5.41, 5.74) is 1.77. The van der Waals surface area contributed by atoms with Gasteiger partial charge in [-0.2, -0.15) is 0 Å². The van der Waals surface area contributed by atoms with Gasteiger partial charge in [0.2, 0.25) is 5.16 Å². The molecule has 0 N–H and O–H groups in total. The molecule has 2 aromatic heterocycles. The van der Waals surface area contributed by atoms with E-state index < -0.39 is 10.8 Å². The predicted molar refractivity (Wildman–Crippen MR) is 89.9 cm³/mol. The van der Waals surface area contributed by atoms with Crippen LogP contribution in [0.15, 0.2) is 60.1 Å². The lowest BCUT2D eigenvalue weighted by atomic mass is 10.2. The van der Waals surface area contributed by atoms with E-state index in [4.69, 9.17) is 0 Å². The van der Waals surface area contributed by atoms with Gasteiger partial charge in [-0.25, -0.2) is 15.0 Å². The first-order valence-corrected chi connectivity index (χ1v) is 8.48. The average molecular weight is 325 g/mol. The predicted octanol–water partition coefficient (Wildman–Crippen LogP) is 2.44. The molecule has 3 aromatic rings. The van der Waals surface area contributed by atoms with Crippen LogP contribution < -0.4 is 4.90 Å². The van der Waals surface area contributed by atoms with E-state index in [2.05, 4.69) is 19.9 Å². The summed E-state index contributed by atoms with van der Waals surface area (Å²) in [5, 5.41) is 0.293. The molecule has 1 atom stereocenters. The molecule has 0 aliphatic rings. The van der Waals surface area contributed by atoms with Gasteiger partial charge >= 0.3 is 0 Å². The van der Waals surface area contributed by atoms with Crippen LogP contribution in [0.1, 0.15) is 0 Å². The van der Waals surface area contributed by atoms with Crippen LogP contribution >= 0.6 is 0 Å². The van der Waals surface area contributed by atoms with Crippen molar-refractivity contribution in [3.63, 3.8) is 0 Å². The Morgan fingerprint density at radius 3 is 2.52 bits per heavy atom. The Balaban J connectivity index is 1.95. The Kier molecular flexibility index (Phi) is 4.38. The fourth-order valence-electron chi connectivity index (χ4n) is 2.04. The third kappa shape index (κ3) is 3.40. The highest BCUT2D eigenvalue weighted by molar-refractivity contribution is 7.84. The van der Waals surface area contributed by atoms with E-state index in [9.17, 15) is 4.21 Å². The molecule has 0 fully saturated rings. The Labute approximate surface area is 136 Å². The number of benzene rings is 1. The minimum absolute atomic E-state index is 0.293. The molecule has 2 heterocycles. The van der Waals surface area contributed by atoms with E-state index >= 15 is 0 Å². The molecule has 116 valence electrons. The SMILES string of the molecule is CN(c1cncc(-c2ccccc2)n1)c1ccnc(S(C)=O)n1. The Hall–Kier alpha value is -2.67. The van der Waals surface area contributed by atoms with E-state index in [-0.39, 0.29) is 0 Å². The molecule has 0 bridgehead atoms. The van der Waals surface area contributed by atoms with Crippen molar-refractivity contribution < 1.29 is 4.21 Å². The first-order chi connectivity index (χ1) is 11.1. The summed E-state index contributed by atoms with van der Waals surface area (Å²) in [7, 11) is 0.606. The van der Waals surface area contributed by atoms with Gasteiger partial charge in [0.1, 0.15) is 5.82 Å². The summed E-state index contributed by atoms with van der Waals surface area (Å²) in [6.45, 7) is 0. The van der Waals surface area contributed by atoms with Crippen molar-refractivity contribution in [2.45, 2.75) is 5.16 Å². The maximum atomic E-state index is 11.5. The maximum Gasteiger partial charge on any atom is 0.220 e. The minimum Gasteiger partial charge on any atom is -0.313 e. The van der Waals surface area contributed by atoms with Crippen LogP contribution in [0.5, 0.6) is 0 Å². The van der Waals surface area contributed by atoms with Gasteiger partial charge in [0.25, 0.3) is 0 Å². The standard InChI is InChI=1S/C16H15N5OS/c1-21(14-8-9-18-16(20-14)23(2)22)15-11-17-10-13(19-15)12-6-4-3-5-7-12/h3-11H,1-2H3. The van der Waals surface area contributed by atoms with Gasteiger partial charge in [-0.05, 0) is 6.07 Å². The van der Waals surface area contributed by atoms with Crippen LogP contribution in [0.3, 0.4) is 0 Å². The van der Waals surface area contributed by atoms with Crippen molar-refractivity contribution in [1.29, 1.82) is 0 Å². The Bertz CT molecular complexity index is 841. The molecule has 0 saturated heterocycles. The first-order valence-electron chi connectivity index (χ1n) is 6.93. The third-order valence-electron chi connectivity index (χ3n) is 3.25. The van der Waals surface area contributed by atoms with Gasteiger partial charge in [-0.1, -0.05) is 30.3 Å². The van der Waals surface area contributed by atoms with Crippen LogP contribution in [0.4, 0.5) is 11.6 Å². The van der Waals surface area contributed by atoms with Crippen molar-refractivity contribution in [3.8, 4) is 11.3 Å². The molecule has 7 heteroatoms. The van der Waals surface area contributed by atoms with Crippen molar-refractivity contribution in [1.82, 2.24) is 19.9 Å². The topological polar surface area (TPSA) is 71.9 Å². The fourth-order valence-corrected chi connectivity index (χ4v) is 2.47. The molecule has 0 aliphatic heterocycles. The van der Waals surface area contributed by atoms with E-state index in [1.54, 1.807) is 35.8 Å². The molecule has 3 rings (SSSR count). The molecular weight excluding hydrogens is 310 g/mol. The van der Waals surface area contributed by atoms with E-state index in [0.717, 1.165) is 11.3 Å². The second-order valence-corrected chi connectivity index (χ2v) is 6.11. The van der Waals surface area contributed by atoms with E-state index in [1.807, 2.05) is 37.4 Å². The maximum absolute atomic E-state index is 11.5. The van der Waals surface area contributed by atoms with Gasteiger partial charge < -0.3 is 4.90 Å². The molecule has 23 heavy (non-hydrogen) atoms. The summed E-state index contributed by atoms with van der Waals surface area (Å²) >= 11 is 0. The second-order valence-electron chi connectivity index (χ2n) is 4.84. The molecule has 0 spiro atoms. The van der Waals surface area contributed by atoms with Gasteiger partial charge in [-0.3, -0.25) is 9.19 Å². The van der Waals surface area contributed by atoms with E-state index in [1.165, 1.54) is 0 Å². The summed E-state index contributed by atoms with van der Waals surface area (Å²) < 4.78 is 11.5. The lowest BCUT2D eigenvalue weighted by Gasteiger charge is -2.17. The summed E-state index contributed by atoms with van der Waals surface area (Å²) in [5.74, 6) is 1.27. The third-order valence-corrected chi connectivity index (χ3v) is 3.97. The zero-order chi connectivity index (χ0) is 16.2. The lowest BCUT2D eigenvalue weighted by Crippen LogP contribution is -2.14. The number of nitrogens with zero attached hydrogens (tertiary/aromatic N) is 5. The fraction of sp³-hybridized carbons (Fsp3) is 0.125. The molecule has 0 amide bonds. The van der Waals surface area contributed by atoms with Crippen molar-refractivity contribution >= 4 is 22.4 Å². The summed E-state index contributed by atoms with van der Waals surface area (Å²) in [4.78, 5) is 19.0. The monoisotopic (exact) mass is 325 g/mol. The van der Waals surface area contributed by atoms with Crippen LogP contribution in [0, 0.1) is 0 Å². The van der Waals surface area contributed by atoms with Crippen molar-refractivity contribution in [2.24, 2.45) is 0 Å². The number of anilines is 2. The molecule has 6 nitrogen and oxygen atoms in total. The summed E-state index contributed by atoms with van der Waals surface area (Å²) in [6, 6.07) is 11.6. The first kappa shape index (κ1) is 15.2. The quantitative estimate of drug-likeness (QED) is 0.686. The van der Waals surface area contributed by atoms with Gasteiger partial charge in [0.15, 0.2) is 5.82 Å². The van der Waals surface area contributed by atoms with Gasteiger partial charge in [0, 0.05) is 25.1 Å². The average Bonchev–Trinajstić information content (AvgIpc) is 2.62. The largest absolute Gasteiger partial charge is 0.313 e. The molecule has 1 unspecified atom stereocenters. The molecule has 1 aromatic carbocycles. The van der Waals surface area contributed by atoms with E-state index in [0.29, 0.717) is 16.8 Å². The highest BCUT2D eigenvalue weighted by atomic mass is 32.2. The number of hydrogen-bond donors (Lipinski definition) is 0. The number of hydrogen-bond acceptors (Lipinski definition) is 6. The smallest absolute Gasteiger partial charge is 0.220 e. The zero-order valence-corrected chi connectivity index (χ0v) is 13.6. The van der Waals surface area contributed by atoms with Crippen molar-refractivity contribution in [3.05, 3.63) is 55.0 Å². The highest BCUT2D eigenvalue weighted by Gasteiger charge is 2.11. The lowest BCUT2D eigenvalue weighted by molar-refractivity contribution is 0.679. The van der Waals surface area contributed by atoms with Crippen LogP contribution in [-0.2, 0) is 10.8 Å². The number of rotatable bonds is 4. The Morgan fingerprint density at radius 2 is 1.78 bits per heavy atom. The van der Waals surface area contributed by atoms with Crippen LogP contribution in [0.25, 0.3) is 11.3 Å². The normalized spacial score (nSPS) is 11.9. The van der Waals surface area contributed by atoms with Crippen LogP contribution in [0.2, 0.25) is 0 Å². The molecule has 0 aliphatic carbocycles. The molecule has 0 radical (unpaired) electrons. The Morgan fingerprint density at radius 1 is 1.00 bits per heavy atom. The zero-order valence-electron chi connectivity index (χ0n) is 12.7. The van der Waals surface area contributed by atoms with Gasteiger partial charge in [-0.15, -0.1) is 0 Å². The van der Waals surface area contributed by atoms with Gasteiger partial charge in [0.05, 0.1) is 28.9 Å². The molecule has 0 saturated carbocycles. The minimum atomic E-state index is -1.23. The summed E-state index contributed by atoms with van der Waals surface area (Å²) in [6.07, 6.45) is 6.52.